The van der Waals surface area contributed by atoms with Gasteiger partial charge in [-0.2, -0.15) is 0 Å². The van der Waals surface area contributed by atoms with Crippen molar-refractivity contribution in [2.45, 2.75) is 10.8 Å². The first-order valence-electron chi connectivity index (χ1n) is 25.3. The molecule has 0 bridgehead atoms. The summed E-state index contributed by atoms with van der Waals surface area (Å²) in [6, 6.07) is 102. The van der Waals surface area contributed by atoms with Gasteiger partial charge in [-0.05, 0) is 122 Å². The lowest BCUT2D eigenvalue weighted by molar-refractivity contribution is 0.628. The molecule has 3 aliphatic carbocycles. The van der Waals surface area contributed by atoms with E-state index in [2.05, 4.69) is 289 Å². The van der Waals surface area contributed by atoms with Gasteiger partial charge in [0.2, 0.25) is 0 Å². The first kappa shape index (κ1) is 41.4. The maximum absolute atomic E-state index is 7.36. The Morgan fingerprint density at radius 1 is 0.288 bits per heavy atom. The smallest absolute Gasteiger partial charge is 0.142 e. The zero-order chi connectivity index (χ0) is 48.1. The van der Waals surface area contributed by atoms with E-state index in [4.69, 9.17) is 4.42 Å². The van der Waals surface area contributed by atoms with Crippen LogP contribution in [0.1, 0.15) is 44.5 Å². The second-order valence-corrected chi connectivity index (χ2v) is 19.4. The van der Waals surface area contributed by atoms with Crippen molar-refractivity contribution in [3.8, 4) is 33.6 Å². The molecule has 0 fully saturated rings. The molecule has 0 radical (unpaired) electrons. The lowest BCUT2D eigenvalue weighted by atomic mass is 9.67. The van der Waals surface area contributed by atoms with Crippen LogP contribution in [0, 0.1) is 0 Å². The van der Waals surface area contributed by atoms with Gasteiger partial charge in [0.25, 0.3) is 0 Å². The molecule has 0 saturated heterocycles. The van der Waals surface area contributed by atoms with Crippen LogP contribution in [0.4, 0.5) is 34.1 Å². The van der Waals surface area contributed by atoms with Crippen molar-refractivity contribution in [3.63, 3.8) is 0 Å². The van der Waals surface area contributed by atoms with Crippen LogP contribution < -0.4 is 9.80 Å². The van der Waals surface area contributed by atoms with E-state index in [0.717, 1.165) is 56.4 Å². The highest BCUT2D eigenvalue weighted by atomic mass is 16.3. The highest BCUT2D eigenvalue weighted by Crippen LogP contribution is 2.68. The van der Waals surface area contributed by atoms with Gasteiger partial charge in [0.15, 0.2) is 0 Å². The summed E-state index contributed by atoms with van der Waals surface area (Å²) in [4.78, 5) is 4.90. The topological polar surface area (TPSA) is 19.6 Å². The lowest BCUT2D eigenvalue weighted by Gasteiger charge is -2.35. The van der Waals surface area contributed by atoms with E-state index in [1.807, 2.05) is 0 Å². The first-order valence-corrected chi connectivity index (χ1v) is 25.3. The van der Waals surface area contributed by atoms with E-state index in [-0.39, 0.29) is 0 Å². The molecule has 15 rings (SSSR count). The molecule has 11 aromatic carbocycles. The van der Waals surface area contributed by atoms with Gasteiger partial charge in [-0.15, -0.1) is 0 Å². The maximum atomic E-state index is 7.36. The average Bonchev–Trinajstić information content (AvgIpc) is 4.17. The number of para-hydroxylation sites is 4. The molecule has 1 atom stereocenters. The van der Waals surface area contributed by atoms with E-state index in [9.17, 15) is 0 Å². The van der Waals surface area contributed by atoms with Gasteiger partial charge < -0.3 is 14.2 Å². The molecular weight excluding hydrogens is 885 g/mol. The van der Waals surface area contributed by atoms with Crippen LogP contribution in [0.5, 0.6) is 0 Å². The van der Waals surface area contributed by atoms with Gasteiger partial charge in [0.05, 0.1) is 22.2 Å². The van der Waals surface area contributed by atoms with Crippen LogP contribution in [0.25, 0.3) is 44.5 Å². The molecule has 0 N–H and O–H groups in total. The van der Waals surface area contributed by atoms with E-state index in [1.165, 1.54) is 66.8 Å². The predicted octanol–water partition coefficient (Wildman–Crippen LogP) is 18.1. The Hall–Kier alpha value is -9.44. The molecule has 0 aliphatic heterocycles. The van der Waals surface area contributed by atoms with Crippen molar-refractivity contribution >= 4 is 45.1 Å². The van der Waals surface area contributed by atoms with Gasteiger partial charge in [-0.3, -0.25) is 0 Å². The Morgan fingerprint density at radius 2 is 0.726 bits per heavy atom. The minimum Gasteiger partial charge on any atom is -0.456 e. The van der Waals surface area contributed by atoms with Gasteiger partial charge >= 0.3 is 0 Å². The highest BCUT2D eigenvalue weighted by molar-refractivity contribution is 6.08. The summed E-state index contributed by atoms with van der Waals surface area (Å²) in [5, 5.41) is 1.12. The number of benzene rings is 11. The molecule has 3 heteroatoms. The molecule has 342 valence electrons. The summed E-state index contributed by atoms with van der Waals surface area (Å²) < 4.78 is 7.36. The monoisotopic (exact) mass is 930 g/mol. The Morgan fingerprint density at radius 3 is 1.33 bits per heavy atom. The highest BCUT2D eigenvalue weighted by Gasteiger charge is 2.56. The molecule has 0 amide bonds. The number of hydrogen-bond acceptors (Lipinski definition) is 3. The van der Waals surface area contributed by atoms with Crippen LogP contribution in [0.2, 0.25) is 0 Å². The molecule has 1 heterocycles. The minimum absolute atomic E-state index is 0.566. The first-order chi connectivity index (χ1) is 36.3. The Balaban J connectivity index is 1.02. The second-order valence-electron chi connectivity index (χ2n) is 19.4. The van der Waals surface area contributed by atoms with Crippen molar-refractivity contribution in [2.75, 3.05) is 9.80 Å². The zero-order valence-electron chi connectivity index (χ0n) is 39.9. The summed E-state index contributed by atoms with van der Waals surface area (Å²) in [5.41, 5.74) is 22.0. The van der Waals surface area contributed by atoms with Crippen LogP contribution >= 0.6 is 0 Å². The summed E-state index contributed by atoms with van der Waals surface area (Å²) >= 11 is 0. The zero-order valence-corrected chi connectivity index (χ0v) is 39.9. The Labute approximate surface area is 425 Å². The molecule has 1 unspecified atom stereocenters. The van der Waals surface area contributed by atoms with Crippen LogP contribution in [0.15, 0.2) is 283 Å². The van der Waals surface area contributed by atoms with Crippen molar-refractivity contribution in [1.82, 2.24) is 0 Å². The summed E-state index contributed by atoms with van der Waals surface area (Å²) in [6.45, 7) is 0. The van der Waals surface area contributed by atoms with E-state index >= 15 is 0 Å². The van der Waals surface area contributed by atoms with Gasteiger partial charge in [0.1, 0.15) is 11.3 Å². The van der Waals surface area contributed by atoms with Gasteiger partial charge in [-0.1, -0.05) is 212 Å². The van der Waals surface area contributed by atoms with Crippen molar-refractivity contribution in [1.29, 1.82) is 0 Å². The number of fused-ring (bicyclic) bond motifs is 15. The molecule has 0 saturated carbocycles. The van der Waals surface area contributed by atoms with E-state index in [1.54, 1.807) is 0 Å². The summed E-state index contributed by atoms with van der Waals surface area (Å²) in [5.74, 6) is 0.903. The van der Waals surface area contributed by atoms with Crippen LogP contribution in [0.3, 0.4) is 0 Å². The Kier molecular flexibility index (Phi) is 9.09. The second kappa shape index (κ2) is 16.0. The molecule has 1 spiro atoms. The number of anilines is 6. The number of furan rings is 1. The molecule has 3 nitrogen and oxygen atoms in total. The number of hydrogen-bond donors (Lipinski definition) is 0. The largest absolute Gasteiger partial charge is 0.456 e. The van der Waals surface area contributed by atoms with Crippen molar-refractivity contribution < 1.29 is 4.42 Å². The third-order valence-electron chi connectivity index (χ3n) is 15.9. The van der Waals surface area contributed by atoms with Crippen LogP contribution in [-0.4, -0.2) is 0 Å². The third-order valence-corrected chi connectivity index (χ3v) is 15.9. The van der Waals surface area contributed by atoms with Crippen molar-refractivity contribution in [3.05, 3.63) is 324 Å². The average molecular weight is 931 g/mol. The minimum atomic E-state index is -0.716. The van der Waals surface area contributed by atoms with Gasteiger partial charge in [0, 0.05) is 44.8 Å². The predicted molar refractivity (Wildman–Crippen MR) is 299 cm³/mol. The Bertz CT molecular complexity index is 4010. The third kappa shape index (κ3) is 5.70. The SMILES string of the molecule is c1ccc(N(c2ccccc2)c2cccc3c2-c2ccccc2C32c3cccc(N(c4ccccc4)c4ccc5c(c4)C(c4ccccc4)(c4ccccc4)c4ccccc4-5)c3-c3oc4ccccc4c32)cc1. The fraction of sp³-hybridized carbons (Fsp3) is 0.0286. The summed E-state index contributed by atoms with van der Waals surface area (Å²) in [7, 11) is 0. The number of nitrogens with zero attached hydrogens (tertiary/aromatic N) is 2. The lowest BCUT2D eigenvalue weighted by Crippen LogP contribution is -2.28. The molecule has 73 heavy (non-hydrogen) atoms. The summed E-state index contributed by atoms with van der Waals surface area (Å²) in [6.07, 6.45) is 0. The normalized spacial score (nSPS) is 15.0. The van der Waals surface area contributed by atoms with E-state index < -0.39 is 10.8 Å². The van der Waals surface area contributed by atoms with Crippen molar-refractivity contribution in [2.24, 2.45) is 0 Å². The molecule has 12 aromatic rings. The maximum Gasteiger partial charge on any atom is 0.142 e. The molecule has 1 aromatic heterocycles. The van der Waals surface area contributed by atoms with E-state index in [0.29, 0.717) is 0 Å². The standard InChI is InChI=1S/C70H46N2O/c1-6-24-47(25-7-1)69(48-26-8-2-9-27-48)57-37-19-16-34-53(57)54-45-44-52(46-61(54)69)72(51-32-14-5-15-33-51)63-42-23-40-60-66(63)68-67(56-36-18-21-43-64(56)73-68)70(60)58-38-20-17-35-55(58)65-59(70)39-22-41-62(65)71(49-28-10-3-11-29-49)50-30-12-4-13-31-50/h1-46H. The fourth-order valence-electron chi connectivity index (χ4n) is 13.2. The quantitative estimate of drug-likeness (QED) is 0.151. The number of rotatable bonds is 8. The molecule has 3 aliphatic rings. The van der Waals surface area contributed by atoms with Gasteiger partial charge in [-0.25, -0.2) is 0 Å². The fourth-order valence-corrected chi connectivity index (χ4v) is 13.2. The molecular formula is C70H46N2O. The van der Waals surface area contributed by atoms with Crippen LogP contribution in [-0.2, 0) is 10.8 Å².